The average Bonchev–Trinajstić information content (AvgIpc) is 3.17. The molecule has 1 aliphatic rings. The van der Waals surface area contributed by atoms with Crippen molar-refractivity contribution in [3.05, 3.63) is 77.9 Å². The minimum atomic E-state index is -0.767. The van der Waals surface area contributed by atoms with Crippen molar-refractivity contribution in [1.29, 1.82) is 0 Å². The molecular formula is C23H17F2N3O4S. The van der Waals surface area contributed by atoms with Crippen LogP contribution in [0.4, 0.5) is 14.5 Å². The quantitative estimate of drug-likeness (QED) is 0.549. The predicted molar refractivity (Wildman–Crippen MR) is 121 cm³/mol. The Kier molecular flexibility index (Phi) is 6.27. The van der Waals surface area contributed by atoms with Crippen LogP contribution in [0.1, 0.15) is 10.4 Å². The van der Waals surface area contributed by atoms with E-state index in [-0.39, 0.29) is 33.7 Å². The molecule has 0 spiro atoms. The van der Waals surface area contributed by atoms with Gasteiger partial charge in [0, 0.05) is 6.07 Å². The maximum absolute atomic E-state index is 13.6. The van der Waals surface area contributed by atoms with Crippen molar-refractivity contribution < 1.29 is 28.2 Å². The molecule has 0 aliphatic carbocycles. The van der Waals surface area contributed by atoms with Crippen molar-refractivity contribution in [3.63, 3.8) is 0 Å². The number of benzene rings is 3. The summed E-state index contributed by atoms with van der Waals surface area (Å²) in [6, 6.07) is 13.7. The van der Waals surface area contributed by atoms with E-state index in [9.17, 15) is 23.5 Å². The number of hydrogen-bond donors (Lipinski definition) is 2. The SMILES string of the molecule is COc1ccc(N2C(=O)CS/C2=N/NC(=O)c2cc(-c3cc(F)cc(F)c3)ccc2O)cc1. The van der Waals surface area contributed by atoms with Gasteiger partial charge >= 0.3 is 0 Å². The molecule has 33 heavy (non-hydrogen) atoms. The molecule has 2 amide bonds. The number of carbonyl (C=O) groups excluding carboxylic acids is 2. The van der Waals surface area contributed by atoms with Gasteiger partial charge in [0.2, 0.25) is 5.91 Å². The number of carbonyl (C=O) groups is 2. The van der Waals surface area contributed by atoms with Gasteiger partial charge in [0.1, 0.15) is 23.1 Å². The number of rotatable bonds is 5. The number of nitrogens with one attached hydrogen (secondary N) is 1. The number of halogens is 2. The number of hydrogen-bond acceptors (Lipinski definition) is 6. The van der Waals surface area contributed by atoms with Crippen LogP contribution in [0.2, 0.25) is 0 Å². The van der Waals surface area contributed by atoms with Crippen molar-refractivity contribution >= 4 is 34.4 Å². The van der Waals surface area contributed by atoms with Crippen molar-refractivity contribution in [3.8, 4) is 22.6 Å². The second kappa shape index (κ2) is 9.29. The van der Waals surface area contributed by atoms with Crippen molar-refractivity contribution in [1.82, 2.24) is 5.43 Å². The molecule has 1 saturated heterocycles. The smallest absolute Gasteiger partial charge is 0.275 e. The lowest BCUT2D eigenvalue weighted by atomic mass is 10.0. The summed E-state index contributed by atoms with van der Waals surface area (Å²) in [5.74, 6) is -2.07. The first kappa shape index (κ1) is 22.3. The van der Waals surface area contributed by atoms with Gasteiger partial charge in [0.15, 0.2) is 5.17 Å². The van der Waals surface area contributed by atoms with E-state index in [1.807, 2.05) is 0 Å². The Labute approximate surface area is 191 Å². The Morgan fingerprint density at radius 3 is 2.42 bits per heavy atom. The first-order chi connectivity index (χ1) is 15.9. The first-order valence-corrected chi connectivity index (χ1v) is 10.6. The lowest BCUT2D eigenvalue weighted by Crippen LogP contribution is -2.31. The normalized spacial score (nSPS) is 14.6. The molecule has 7 nitrogen and oxygen atoms in total. The molecule has 0 aromatic heterocycles. The highest BCUT2D eigenvalue weighted by molar-refractivity contribution is 8.15. The Hall–Kier alpha value is -3.92. The summed E-state index contributed by atoms with van der Waals surface area (Å²) >= 11 is 1.14. The van der Waals surface area contributed by atoms with E-state index in [0.717, 1.165) is 30.0 Å². The number of ether oxygens (including phenoxy) is 1. The minimum Gasteiger partial charge on any atom is -0.507 e. The lowest BCUT2D eigenvalue weighted by Gasteiger charge is -2.16. The fourth-order valence-corrected chi connectivity index (χ4v) is 4.04. The minimum absolute atomic E-state index is 0.145. The number of phenols is 1. The number of anilines is 1. The Morgan fingerprint density at radius 1 is 1.06 bits per heavy atom. The highest BCUT2D eigenvalue weighted by atomic mass is 32.2. The molecule has 168 valence electrons. The van der Waals surface area contributed by atoms with Gasteiger partial charge < -0.3 is 9.84 Å². The summed E-state index contributed by atoms with van der Waals surface area (Å²) in [6.07, 6.45) is 0. The highest BCUT2D eigenvalue weighted by Crippen LogP contribution is 2.29. The molecule has 1 heterocycles. The van der Waals surface area contributed by atoms with Crippen LogP contribution in [0.25, 0.3) is 11.1 Å². The molecule has 0 bridgehead atoms. The number of amidine groups is 1. The summed E-state index contributed by atoms with van der Waals surface area (Å²) in [6.45, 7) is 0. The number of nitrogens with zero attached hydrogens (tertiary/aromatic N) is 2. The zero-order valence-corrected chi connectivity index (χ0v) is 18.0. The van der Waals surface area contributed by atoms with Gasteiger partial charge in [-0.15, -0.1) is 5.10 Å². The van der Waals surface area contributed by atoms with Crippen molar-refractivity contribution in [2.45, 2.75) is 0 Å². The van der Waals surface area contributed by atoms with Gasteiger partial charge in [0.05, 0.1) is 24.1 Å². The third-order valence-electron chi connectivity index (χ3n) is 4.79. The summed E-state index contributed by atoms with van der Waals surface area (Å²) in [7, 11) is 1.53. The Balaban J connectivity index is 1.58. The molecule has 0 radical (unpaired) electrons. The number of phenolic OH excluding ortho intramolecular Hbond substituents is 1. The molecule has 2 N–H and O–H groups in total. The Bertz CT molecular complexity index is 1240. The monoisotopic (exact) mass is 469 g/mol. The molecule has 10 heteroatoms. The second-order valence-corrected chi connectivity index (χ2v) is 7.88. The first-order valence-electron chi connectivity index (χ1n) is 9.63. The molecule has 1 aliphatic heterocycles. The molecule has 4 rings (SSSR count). The van der Waals surface area contributed by atoms with Crippen LogP contribution in [-0.4, -0.2) is 35.0 Å². The summed E-state index contributed by atoms with van der Waals surface area (Å²) < 4.78 is 32.3. The van der Waals surface area contributed by atoms with Crippen LogP contribution in [0.15, 0.2) is 65.8 Å². The van der Waals surface area contributed by atoms with E-state index < -0.39 is 17.5 Å². The molecule has 0 saturated carbocycles. The van der Waals surface area contributed by atoms with Gasteiger partial charge in [-0.05, 0) is 59.7 Å². The van der Waals surface area contributed by atoms with Crippen LogP contribution in [0.5, 0.6) is 11.5 Å². The highest BCUT2D eigenvalue weighted by Gasteiger charge is 2.30. The van der Waals surface area contributed by atoms with Gasteiger partial charge in [-0.25, -0.2) is 14.2 Å². The molecule has 0 unspecified atom stereocenters. The van der Waals surface area contributed by atoms with Crippen molar-refractivity contribution in [2.75, 3.05) is 17.8 Å². The van der Waals surface area contributed by atoms with Gasteiger partial charge in [-0.1, -0.05) is 17.8 Å². The van der Waals surface area contributed by atoms with E-state index in [1.165, 1.54) is 30.2 Å². The number of aromatic hydroxyl groups is 1. The van der Waals surface area contributed by atoms with Crippen LogP contribution in [-0.2, 0) is 4.79 Å². The largest absolute Gasteiger partial charge is 0.507 e. The van der Waals surface area contributed by atoms with Crippen LogP contribution < -0.4 is 15.1 Å². The maximum Gasteiger partial charge on any atom is 0.275 e. The molecule has 0 atom stereocenters. The van der Waals surface area contributed by atoms with E-state index in [1.54, 1.807) is 24.3 Å². The van der Waals surface area contributed by atoms with Gasteiger partial charge in [-0.3, -0.25) is 14.5 Å². The van der Waals surface area contributed by atoms with E-state index in [2.05, 4.69) is 10.5 Å². The zero-order valence-electron chi connectivity index (χ0n) is 17.2. The van der Waals surface area contributed by atoms with Crippen LogP contribution in [0.3, 0.4) is 0 Å². The second-order valence-electron chi connectivity index (χ2n) is 6.94. The summed E-state index contributed by atoms with van der Waals surface area (Å²) in [5, 5.41) is 14.4. The summed E-state index contributed by atoms with van der Waals surface area (Å²) in [4.78, 5) is 26.4. The number of amides is 2. The third kappa shape index (κ3) is 4.80. The third-order valence-corrected chi connectivity index (χ3v) is 5.71. The van der Waals surface area contributed by atoms with E-state index in [4.69, 9.17) is 4.74 Å². The number of methoxy groups -OCH3 is 1. The topological polar surface area (TPSA) is 91.2 Å². The molecule has 3 aromatic rings. The maximum atomic E-state index is 13.6. The fraction of sp³-hybridized carbons (Fsp3) is 0.0870. The van der Waals surface area contributed by atoms with Gasteiger partial charge in [0.25, 0.3) is 5.91 Å². The Morgan fingerprint density at radius 2 is 1.76 bits per heavy atom. The predicted octanol–water partition coefficient (Wildman–Crippen LogP) is 4.13. The van der Waals surface area contributed by atoms with E-state index >= 15 is 0 Å². The zero-order chi connectivity index (χ0) is 23.5. The number of hydrazone groups is 1. The van der Waals surface area contributed by atoms with E-state index in [0.29, 0.717) is 17.0 Å². The molecular weight excluding hydrogens is 452 g/mol. The van der Waals surface area contributed by atoms with Crippen LogP contribution >= 0.6 is 11.8 Å². The van der Waals surface area contributed by atoms with Crippen LogP contribution in [0, 0.1) is 11.6 Å². The fourth-order valence-electron chi connectivity index (χ4n) is 3.21. The average molecular weight is 469 g/mol. The number of thioether (sulfide) groups is 1. The standard InChI is InChI=1S/C23H17F2N3O4S/c1-32-18-5-3-17(4-6-18)28-21(30)12-33-23(28)27-26-22(31)19-10-13(2-7-20(19)29)14-8-15(24)11-16(25)9-14/h2-11,29H,12H2,1H3,(H,26,31)/b27-23+. The molecule has 1 fully saturated rings. The van der Waals surface area contributed by atoms with Gasteiger partial charge in [-0.2, -0.15) is 0 Å². The molecule has 3 aromatic carbocycles. The lowest BCUT2D eigenvalue weighted by molar-refractivity contribution is -0.115. The van der Waals surface area contributed by atoms with Crippen molar-refractivity contribution in [2.24, 2.45) is 5.10 Å². The summed E-state index contributed by atoms with van der Waals surface area (Å²) in [5.41, 5.74) is 3.27.